The van der Waals surface area contributed by atoms with E-state index in [2.05, 4.69) is 6.92 Å². The van der Waals surface area contributed by atoms with Crippen LogP contribution in [0.15, 0.2) is 23.1 Å². The van der Waals surface area contributed by atoms with Gasteiger partial charge in [0.05, 0.1) is 15.5 Å². The number of hydrogen-bond acceptors (Lipinski definition) is 3. The first kappa shape index (κ1) is 16.6. The summed E-state index contributed by atoms with van der Waals surface area (Å²) in [6.45, 7) is 3.49. The third-order valence-electron chi connectivity index (χ3n) is 3.72. The molecule has 0 spiro atoms. The van der Waals surface area contributed by atoms with Crippen LogP contribution in [0.5, 0.6) is 0 Å². The zero-order chi connectivity index (χ0) is 15.6. The van der Waals surface area contributed by atoms with Crippen molar-refractivity contribution in [3.63, 3.8) is 0 Å². The Balaban J connectivity index is 2.24. The molecule has 1 aromatic rings. The minimum Gasteiger partial charge on any atom is -0.338 e. The monoisotopic (exact) mass is 349 g/mol. The van der Waals surface area contributed by atoms with Gasteiger partial charge >= 0.3 is 0 Å². The highest BCUT2D eigenvalue weighted by atomic mass is 35.7. The summed E-state index contributed by atoms with van der Waals surface area (Å²) in [7, 11) is 1.44. The van der Waals surface area contributed by atoms with Gasteiger partial charge in [0.15, 0.2) is 0 Å². The first-order chi connectivity index (χ1) is 9.82. The van der Waals surface area contributed by atoms with Gasteiger partial charge in [-0.2, -0.15) is 0 Å². The molecule has 1 heterocycles. The minimum absolute atomic E-state index is 0.110. The van der Waals surface area contributed by atoms with E-state index in [9.17, 15) is 13.2 Å². The van der Waals surface area contributed by atoms with Crippen LogP contribution >= 0.6 is 22.3 Å². The van der Waals surface area contributed by atoms with Crippen LogP contribution in [0.1, 0.15) is 36.5 Å². The number of amides is 1. The van der Waals surface area contributed by atoms with Crippen LogP contribution in [0.25, 0.3) is 0 Å². The highest BCUT2D eigenvalue weighted by Crippen LogP contribution is 2.27. The maximum Gasteiger partial charge on any atom is 0.261 e. The number of carbonyl (C=O) groups excluding carboxylic acids is 1. The molecule has 1 amide bonds. The van der Waals surface area contributed by atoms with Crippen LogP contribution in [0, 0.1) is 5.92 Å². The van der Waals surface area contributed by atoms with Gasteiger partial charge in [-0.25, -0.2) is 8.42 Å². The predicted molar refractivity (Wildman–Crippen MR) is 83.4 cm³/mol. The summed E-state index contributed by atoms with van der Waals surface area (Å²) >= 11 is 6.03. The quantitative estimate of drug-likeness (QED) is 0.781. The van der Waals surface area contributed by atoms with Gasteiger partial charge in [-0.05, 0) is 37.0 Å². The maximum absolute atomic E-state index is 12.5. The normalized spacial score (nSPS) is 19.0. The number of likely N-dealkylation sites (tertiary alicyclic amines) is 1. The van der Waals surface area contributed by atoms with Gasteiger partial charge in [-0.15, -0.1) is 0 Å². The number of halogens is 2. The summed E-state index contributed by atoms with van der Waals surface area (Å²) in [6.07, 6.45) is 3.16. The van der Waals surface area contributed by atoms with Crippen LogP contribution in [0.3, 0.4) is 0 Å². The minimum atomic E-state index is -3.88. The third kappa shape index (κ3) is 3.90. The lowest BCUT2D eigenvalue weighted by Gasteiger charge is -2.17. The molecule has 0 bridgehead atoms. The first-order valence-electron chi connectivity index (χ1n) is 6.86. The number of benzene rings is 1. The lowest BCUT2D eigenvalue weighted by molar-refractivity contribution is 0.0786. The molecular weight excluding hydrogens is 333 g/mol. The smallest absolute Gasteiger partial charge is 0.261 e. The van der Waals surface area contributed by atoms with Gasteiger partial charge in [0.2, 0.25) is 0 Å². The summed E-state index contributed by atoms with van der Waals surface area (Å²) in [5, 5.41) is 0.239. The van der Waals surface area contributed by atoms with Crippen molar-refractivity contribution in [3.05, 3.63) is 28.8 Å². The fourth-order valence-electron chi connectivity index (χ4n) is 2.65. The molecule has 1 atom stereocenters. The molecule has 0 N–H and O–H groups in total. The molecule has 0 aromatic heterocycles. The lowest BCUT2D eigenvalue weighted by Crippen LogP contribution is -2.29. The third-order valence-corrected chi connectivity index (χ3v) is 5.40. The Kier molecular flexibility index (Phi) is 5.17. The fraction of sp³-hybridized carbons (Fsp3) is 0.500. The van der Waals surface area contributed by atoms with Crippen molar-refractivity contribution in [1.29, 1.82) is 0 Å². The van der Waals surface area contributed by atoms with Crippen molar-refractivity contribution in [2.24, 2.45) is 5.92 Å². The molecule has 0 aliphatic carbocycles. The average Bonchev–Trinajstić information content (AvgIpc) is 2.86. The molecule has 1 aliphatic rings. The van der Waals surface area contributed by atoms with E-state index in [1.807, 2.05) is 0 Å². The van der Waals surface area contributed by atoms with E-state index in [0.29, 0.717) is 19.0 Å². The molecule has 21 heavy (non-hydrogen) atoms. The molecule has 1 saturated heterocycles. The van der Waals surface area contributed by atoms with Crippen molar-refractivity contribution in [2.75, 3.05) is 13.1 Å². The molecule has 0 radical (unpaired) electrons. The molecule has 2 rings (SSSR count). The summed E-state index contributed by atoms with van der Waals surface area (Å²) in [4.78, 5) is 14.1. The highest BCUT2D eigenvalue weighted by Gasteiger charge is 2.28. The first-order valence-corrected chi connectivity index (χ1v) is 9.55. The van der Waals surface area contributed by atoms with Gasteiger partial charge < -0.3 is 4.90 Å². The van der Waals surface area contributed by atoms with E-state index in [1.165, 1.54) is 18.2 Å². The van der Waals surface area contributed by atoms with Gasteiger partial charge in [0.1, 0.15) is 0 Å². The van der Waals surface area contributed by atoms with Crippen LogP contribution in [-0.2, 0) is 9.05 Å². The molecule has 1 aliphatic heterocycles. The zero-order valence-electron chi connectivity index (χ0n) is 11.7. The molecule has 1 unspecified atom stereocenters. The van der Waals surface area contributed by atoms with Crippen molar-refractivity contribution >= 4 is 37.2 Å². The van der Waals surface area contributed by atoms with Crippen LogP contribution in [-0.4, -0.2) is 32.3 Å². The van der Waals surface area contributed by atoms with Gasteiger partial charge in [-0.1, -0.05) is 24.9 Å². The molecule has 1 aromatic carbocycles. The zero-order valence-corrected chi connectivity index (χ0v) is 14.0. The lowest BCUT2D eigenvalue weighted by atomic mass is 10.0. The van der Waals surface area contributed by atoms with Gasteiger partial charge in [0.25, 0.3) is 15.0 Å². The number of nitrogens with zero attached hydrogens (tertiary/aromatic N) is 1. The molecular formula is C14H17Cl2NO3S. The second-order valence-corrected chi connectivity index (χ2v) is 8.25. The molecule has 4 nitrogen and oxygen atoms in total. The molecule has 7 heteroatoms. The maximum atomic E-state index is 12.5. The van der Waals surface area contributed by atoms with E-state index < -0.39 is 9.05 Å². The second kappa shape index (κ2) is 6.55. The topological polar surface area (TPSA) is 54.5 Å². The number of rotatable bonds is 4. The number of carbonyl (C=O) groups is 1. The Labute approximate surface area is 134 Å². The van der Waals surface area contributed by atoms with E-state index in [-0.39, 0.29) is 21.4 Å². The van der Waals surface area contributed by atoms with Gasteiger partial charge in [-0.3, -0.25) is 4.79 Å². The van der Waals surface area contributed by atoms with E-state index in [4.69, 9.17) is 22.3 Å². The van der Waals surface area contributed by atoms with Crippen LogP contribution in [0.4, 0.5) is 0 Å². The van der Waals surface area contributed by atoms with Crippen molar-refractivity contribution in [3.8, 4) is 0 Å². The summed E-state index contributed by atoms with van der Waals surface area (Å²) < 4.78 is 22.7. The molecule has 0 saturated carbocycles. The Bertz CT molecular complexity index is 646. The Morgan fingerprint density at radius 2 is 2.14 bits per heavy atom. The average molecular weight is 350 g/mol. The van der Waals surface area contributed by atoms with Crippen LogP contribution in [0.2, 0.25) is 5.02 Å². The Morgan fingerprint density at radius 3 is 2.76 bits per heavy atom. The fourth-order valence-corrected chi connectivity index (χ4v) is 3.63. The predicted octanol–water partition coefficient (Wildman–Crippen LogP) is 3.53. The van der Waals surface area contributed by atoms with Crippen LogP contribution < -0.4 is 0 Å². The Hall–Kier alpha value is -0.780. The van der Waals surface area contributed by atoms with E-state index in [0.717, 1.165) is 19.3 Å². The Morgan fingerprint density at radius 1 is 1.43 bits per heavy atom. The summed E-state index contributed by atoms with van der Waals surface area (Å²) in [5.74, 6) is 0.276. The van der Waals surface area contributed by atoms with Crippen molar-refractivity contribution in [1.82, 2.24) is 4.90 Å². The molecule has 1 fully saturated rings. The summed E-state index contributed by atoms with van der Waals surface area (Å²) in [6, 6.07) is 3.94. The van der Waals surface area contributed by atoms with E-state index >= 15 is 0 Å². The molecule has 116 valence electrons. The standard InChI is InChI=1S/C14H17Cl2NO3S/c1-2-3-10-6-7-17(9-10)14(18)12-8-11(21(16,19)20)4-5-13(12)15/h4-5,8,10H,2-3,6-7,9H2,1H3. The van der Waals surface area contributed by atoms with Gasteiger partial charge in [0, 0.05) is 23.8 Å². The van der Waals surface area contributed by atoms with Crippen molar-refractivity contribution < 1.29 is 13.2 Å². The van der Waals surface area contributed by atoms with E-state index in [1.54, 1.807) is 4.90 Å². The largest absolute Gasteiger partial charge is 0.338 e. The van der Waals surface area contributed by atoms with Crippen molar-refractivity contribution in [2.45, 2.75) is 31.1 Å². The highest BCUT2D eigenvalue weighted by molar-refractivity contribution is 8.13. The number of hydrogen-bond donors (Lipinski definition) is 0. The summed E-state index contributed by atoms with van der Waals surface area (Å²) in [5.41, 5.74) is 0.190. The second-order valence-electron chi connectivity index (χ2n) is 5.27. The SMILES string of the molecule is CCCC1CCN(C(=O)c2cc(S(=O)(=O)Cl)ccc2Cl)C1.